The van der Waals surface area contributed by atoms with Gasteiger partial charge in [-0.2, -0.15) is 0 Å². The Kier molecular flexibility index (Phi) is 4.24. The van der Waals surface area contributed by atoms with E-state index in [1.54, 1.807) is 0 Å². The van der Waals surface area contributed by atoms with Gasteiger partial charge in [-0.05, 0) is 60.7 Å². The van der Waals surface area contributed by atoms with E-state index in [0.29, 0.717) is 23.8 Å². The molecule has 8 heteroatoms. The smallest absolute Gasteiger partial charge is 0.323 e. The molecule has 6 rings (SSSR count). The molecule has 0 bridgehead atoms. The monoisotopic (exact) mass is 426 g/mol. The summed E-state index contributed by atoms with van der Waals surface area (Å²) in [4.78, 5) is 21.2. The first-order chi connectivity index (χ1) is 15.7. The number of amides is 2. The topological polar surface area (TPSA) is 107 Å². The van der Waals surface area contributed by atoms with Crippen LogP contribution in [0.25, 0.3) is 16.7 Å². The molecule has 3 heterocycles. The number of fused-ring (bicyclic) bond motifs is 4. The molecule has 2 amide bonds. The van der Waals surface area contributed by atoms with Crippen LogP contribution in [0, 0.1) is 0 Å². The van der Waals surface area contributed by atoms with Crippen LogP contribution in [0.2, 0.25) is 0 Å². The first kappa shape index (κ1) is 18.7. The Morgan fingerprint density at radius 3 is 2.69 bits per heavy atom. The molecule has 0 radical (unpaired) electrons. The summed E-state index contributed by atoms with van der Waals surface area (Å²) in [5.41, 5.74) is 14.0. The molecule has 0 fully saturated rings. The molecule has 160 valence electrons. The second-order valence-corrected chi connectivity index (χ2v) is 8.12. The summed E-state index contributed by atoms with van der Waals surface area (Å²) in [6.45, 7) is 0.689. The zero-order valence-electron chi connectivity index (χ0n) is 17.4. The van der Waals surface area contributed by atoms with Crippen LogP contribution in [0.1, 0.15) is 23.2 Å². The van der Waals surface area contributed by atoms with E-state index in [2.05, 4.69) is 25.2 Å². The molecule has 0 unspecified atom stereocenters. The van der Waals surface area contributed by atoms with Crippen LogP contribution >= 0.6 is 0 Å². The molecule has 2 aromatic carbocycles. The number of urea groups is 1. The second-order valence-electron chi connectivity index (χ2n) is 8.12. The number of ether oxygens (including phenoxy) is 1. The number of nitrogens with two attached hydrogens (primary N) is 1. The molecule has 0 saturated heterocycles. The summed E-state index contributed by atoms with van der Waals surface area (Å²) < 4.78 is 7.72. The van der Waals surface area contributed by atoms with Crippen LogP contribution in [0.15, 0.2) is 48.8 Å². The van der Waals surface area contributed by atoms with Gasteiger partial charge >= 0.3 is 6.03 Å². The zero-order valence-corrected chi connectivity index (χ0v) is 17.4. The van der Waals surface area contributed by atoms with Gasteiger partial charge in [-0.1, -0.05) is 6.07 Å². The molecule has 0 atom stereocenters. The molecular weight excluding hydrogens is 404 g/mol. The van der Waals surface area contributed by atoms with Crippen molar-refractivity contribution in [1.29, 1.82) is 0 Å². The van der Waals surface area contributed by atoms with Crippen LogP contribution in [0.3, 0.4) is 0 Å². The molecule has 0 spiro atoms. The average Bonchev–Trinajstić information content (AvgIpc) is 3.50. The molecule has 1 aliphatic carbocycles. The van der Waals surface area contributed by atoms with Crippen LogP contribution in [-0.4, -0.2) is 27.2 Å². The minimum Gasteiger partial charge on any atom is -0.493 e. The van der Waals surface area contributed by atoms with E-state index < -0.39 is 0 Å². The van der Waals surface area contributed by atoms with Gasteiger partial charge in [-0.3, -0.25) is 0 Å². The highest BCUT2D eigenvalue weighted by Gasteiger charge is 2.25. The number of hydrogen-bond acceptors (Lipinski definition) is 5. The Morgan fingerprint density at radius 2 is 1.81 bits per heavy atom. The Balaban J connectivity index is 1.24. The quantitative estimate of drug-likeness (QED) is 0.458. The van der Waals surface area contributed by atoms with E-state index in [0.717, 1.165) is 48.2 Å². The van der Waals surface area contributed by atoms with E-state index in [-0.39, 0.29) is 6.03 Å². The predicted octanol–water partition coefficient (Wildman–Crippen LogP) is 4.07. The van der Waals surface area contributed by atoms with E-state index in [1.165, 1.54) is 23.1 Å². The number of aromatic nitrogens is 3. The molecule has 0 saturated carbocycles. The number of nitrogens with zero attached hydrogens (tertiary/aromatic N) is 3. The largest absolute Gasteiger partial charge is 0.493 e. The Morgan fingerprint density at radius 1 is 1.00 bits per heavy atom. The molecule has 2 aliphatic rings. The highest BCUT2D eigenvalue weighted by Crippen LogP contribution is 2.36. The molecule has 4 N–H and O–H groups in total. The summed E-state index contributed by atoms with van der Waals surface area (Å²) >= 11 is 0. The predicted molar refractivity (Wildman–Crippen MR) is 124 cm³/mol. The molecule has 8 nitrogen and oxygen atoms in total. The third-order valence-corrected chi connectivity index (χ3v) is 6.16. The maximum Gasteiger partial charge on any atom is 0.323 e. The van der Waals surface area contributed by atoms with Crippen molar-refractivity contribution in [1.82, 2.24) is 14.5 Å². The fraction of sp³-hybridized carbons (Fsp3) is 0.208. The van der Waals surface area contributed by atoms with Gasteiger partial charge in [0.25, 0.3) is 0 Å². The summed E-state index contributed by atoms with van der Waals surface area (Å²) in [6.07, 6.45) is 5.53. The summed E-state index contributed by atoms with van der Waals surface area (Å²) in [7, 11) is 0. The number of nitrogen functional groups attached to an aromatic ring is 1. The van der Waals surface area contributed by atoms with Crippen molar-refractivity contribution in [3.8, 4) is 11.4 Å². The van der Waals surface area contributed by atoms with Crippen molar-refractivity contribution < 1.29 is 9.53 Å². The van der Waals surface area contributed by atoms with Gasteiger partial charge in [0.2, 0.25) is 0 Å². The minimum absolute atomic E-state index is 0.305. The number of anilines is 3. The lowest BCUT2D eigenvalue weighted by atomic mass is 10.1. The Bertz CT molecular complexity index is 1360. The van der Waals surface area contributed by atoms with Crippen molar-refractivity contribution in [3.63, 3.8) is 0 Å². The van der Waals surface area contributed by atoms with Crippen molar-refractivity contribution in [2.75, 3.05) is 23.0 Å². The lowest BCUT2D eigenvalue weighted by molar-refractivity contribution is 0.262. The third-order valence-electron chi connectivity index (χ3n) is 6.16. The van der Waals surface area contributed by atoms with Crippen LogP contribution in [0.4, 0.5) is 22.0 Å². The standard InChI is InChI=1S/C24H22N6O2/c25-23-22-21(26-13-27-23)18-2-1-3-19(18)30(22)17-8-6-15(7-9-17)28-24(31)29-16-5-4-14-10-11-32-20(14)12-16/h4-9,12-13H,1-3,10-11H2,(H2,25,26,27)(H2,28,29,31). The number of hydrogen-bond donors (Lipinski definition) is 3. The zero-order chi connectivity index (χ0) is 21.7. The van der Waals surface area contributed by atoms with E-state index >= 15 is 0 Å². The maximum atomic E-state index is 12.5. The minimum atomic E-state index is -0.305. The SMILES string of the molecule is Nc1ncnc2c3c(n(-c4ccc(NC(=O)Nc5ccc6c(c5)OCC6)cc4)c12)CCC3. The fourth-order valence-electron chi connectivity index (χ4n) is 4.71. The van der Waals surface area contributed by atoms with E-state index in [9.17, 15) is 4.79 Å². The molecule has 4 aromatic rings. The number of carbonyl (C=O) groups excluding carboxylic acids is 1. The average molecular weight is 426 g/mol. The summed E-state index contributed by atoms with van der Waals surface area (Å²) in [5, 5.41) is 5.74. The van der Waals surface area contributed by atoms with Crippen molar-refractivity contribution in [2.45, 2.75) is 25.7 Å². The van der Waals surface area contributed by atoms with Crippen LogP contribution < -0.4 is 21.1 Å². The molecule has 2 aromatic heterocycles. The number of carbonyl (C=O) groups is 1. The van der Waals surface area contributed by atoms with Gasteiger partial charge in [-0.25, -0.2) is 14.8 Å². The van der Waals surface area contributed by atoms with Crippen molar-refractivity contribution in [2.24, 2.45) is 0 Å². The van der Waals surface area contributed by atoms with Crippen molar-refractivity contribution in [3.05, 3.63) is 65.6 Å². The third kappa shape index (κ3) is 3.03. The summed E-state index contributed by atoms with van der Waals surface area (Å²) in [6, 6.07) is 13.1. The number of aryl methyl sites for hydroxylation is 1. The van der Waals surface area contributed by atoms with Gasteiger partial charge in [0.15, 0.2) is 5.82 Å². The van der Waals surface area contributed by atoms with Gasteiger partial charge in [-0.15, -0.1) is 0 Å². The van der Waals surface area contributed by atoms with Gasteiger partial charge in [0, 0.05) is 35.2 Å². The lowest BCUT2D eigenvalue weighted by Gasteiger charge is -2.12. The summed E-state index contributed by atoms with van der Waals surface area (Å²) in [5.74, 6) is 1.31. The van der Waals surface area contributed by atoms with E-state index in [1.807, 2.05) is 42.5 Å². The molecular formula is C24H22N6O2. The first-order valence-corrected chi connectivity index (χ1v) is 10.7. The highest BCUT2D eigenvalue weighted by molar-refractivity contribution is 6.00. The first-order valence-electron chi connectivity index (χ1n) is 10.7. The van der Waals surface area contributed by atoms with Gasteiger partial charge in [0.1, 0.15) is 17.6 Å². The lowest BCUT2D eigenvalue weighted by Crippen LogP contribution is -2.19. The van der Waals surface area contributed by atoms with E-state index in [4.69, 9.17) is 10.5 Å². The number of benzene rings is 2. The van der Waals surface area contributed by atoms with Crippen LogP contribution in [0.5, 0.6) is 5.75 Å². The van der Waals surface area contributed by atoms with Gasteiger partial charge < -0.3 is 25.7 Å². The molecule has 32 heavy (non-hydrogen) atoms. The Hall–Kier alpha value is -4.07. The van der Waals surface area contributed by atoms with Crippen molar-refractivity contribution >= 4 is 34.3 Å². The van der Waals surface area contributed by atoms with Gasteiger partial charge in [0.05, 0.1) is 12.1 Å². The number of nitrogens with one attached hydrogen (secondary N) is 2. The second kappa shape index (κ2) is 7.26. The highest BCUT2D eigenvalue weighted by atomic mass is 16.5. The number of rotatable bonds is 3. The maximum absolute atomic E-state index is 12.5. The Labute approximate surface area is 184 Å². The normalized spacial score (nSPS) is 14.1. The molecule has 1 aliphatic heterocycles. The van der Waals surface area contributed by atoms with Crippen LogP contribution in [-0.2, 0) is 19.3 Å². The fourth-order valence-corrected chi connectivity index (χ4v) is 4.71.